The first-order chi connectivity index (χ1) is 8.13. The molecule has 0 saturated heterocycles. The normalized spacial score (nSPS) is 15.4. The number of carbonyl (C=O) groups excluding carboxylic acids is 1. The number of nitrogens with zero attached hydrogens (tertiary/aromatic N) is 2. The van der Waals surface area contributed by atoms with Gasteiger partial charge in [-0.15, -0.1) is 0 Å². The van der Waals surface area contributed by atoms with Crippen LogP contribution in [-0.4, -0.2) is 30.9 Å². The third-order valence-corrected chi connectivity index (χ3v) is 4.23. The molecule has 0 aliphatic heterocycles. The van der Waals surface area contributed by atoms with Crippen molar-refractivity contribution in [1.82, 2.24) is 9.69 Å². The third-order valence-electron chi connectivity index (χ3n) is 3.26. The van der Waals surface area contributed by atoms with Crippen LogP contribution >= 0.6 is 11.5 Å². The summed E-state index contributed by atoms with van der Waals surface area (Å²) in [4.78, 5) is 13.8. The molecule has 1 heterocycles. The van der Waals surface area contributed by atoms with Crippen molar-refractivity contribution in [2.75, 3.05) is 31.3 Å². The van der Waals surface area contributed by atoms with Gasteiger partial charge in [-0.25, -0.2) is 0 Å². The van der Waals surface area contributed by atoms with Crippen LogP contribution < -0.4 is 16.0 Å². The van der Waals surface area contributed by atoms with Gasteiger partial charge in [0.05, 0.1) is 0 Å². The summed E-state index contributed by atoms with van der Waals surface area (Å²) < 4.78 is 4.07. The highest BCUT2D eigenvalue weighted by molar-refractivity contribution is 7.11. The average molecular weight is 254 g/mol. The molecule has 5 nitrogen and oxygen atoms in total. The maximum atomic E-state index is 11.7. The molecule has 6 heteroatoms. The van der Waals surface area contributed by atoms with Crippen LogP contribution in [0.4, 0.5) is 10.8 Å². The minimum Gasteiger partial charge on any atom is -0.382 e. The van der Waals surface area contributed by atoms with Gasteiger partial charge in [0.1, 0.15) is 10.6 Å². The van der Waals surface area contributed by atoms with Gasteiger partial charge in [0.25, 0.3) is 5.91 Å². The molecule has 0 bridgehead atoms. The van der Waals surface area contributed by atoms with E-state index in [-0.39, 0.29) is 5.91 Å². The molecule has 0 spiro atoms. The predicted octanol–water partition coefficient (Wildman–Crippen LogP) is 1.32. The lowest BCUT2D eigenvalue weighted by atomic mass is 9.85. The van der Waals surface area contributed by atoms with Crippen LogP contribution in [0.2, 0.25) is 0 Å². The standard InChI is InChI=1S/C11H18N4OS/c1-13-10(16)8-9(12)14-17-11(8)15(2)6-7-4-3-5-7/h7H,3-6H2,1-2H3,(H2,12,14)(H,13,16). The number of hydrogen-bond acceptors (Lipinski definition) is 5. The summed E-state index contributed by atoms with van der Waals surface area (Å²) in [5, 5.41) is 3.48. The number of hydrogen-bond donors (Lipinski definition) is 2. The molecule has 1 aromatic heterocycles. The van der Waals surface area contributed by atoms with Gasteiger partial charge < -0.3 is 16.0 Å². The third kappa shape index (κ3) is 2.36. The number of nitrogens with two attached hydrogens (primary N) is 1. The zero-order valence-corrected chi connectivity index (χ0v) is 11.0. The van der Waals surface area contributed by atoms with E-state index in [0.717, 1.165) is 17.5 Å². The number of anilines is 2. The number of nitrogen functional groups attached to an aromatic ring is 1. The van der Waals surface area contributed by atoms with Crippen molar-refractivity contribution in [3.05, 3.63) is 5.56 Å². The first-order valence-corrected chi connectivity index (χ1v) is 6.59. The van der Waals surface area contributed by atoms with E-state index in [4.69, 9.17) is 5.73 Å². The molecular weight excluding hydrogens is 236 g/mol. The smallest absolute Gasteiger partial charge is 0.257 e. The molecule has 1 amide bonds. The summed E-state index contributed by atoms with van der Waals surface area (Å²) in [7, 11) is 3.60. The van der Waals surface area contributed by atoms with E-state index < -0.39 is 0 Å². The van der Waals surface area contributed by atoms with Gasteiger partial charge >= 0.3 is 0 Å². The second-order valence-electron chi connectivity index (χ2n) is 4.50. The lowest BCUT2D eigenvalue weighted by Crippen LogP contribution is -2.30. The summed E-state index contributed by atoms with van der Waals surface area (Å²) in [5.41, 5.74) is 6.26. The van der Waals surface area contributed by atoms with Gasteiger partial charge in [-0.05, 0) is 30.3 Å². The summed E-state index contributed by atoms with van der Waals surface area (Å²) in [6, 6.07) is 0. The maximum absolute atomic E-state index is 11.7. The van der Waals surface area contributed by atoms with Crippen LogP contribution in [0, 0.1) is 5.92 Å². The van der Waals surface area contributed by atoms with Crippen LogP contribution in [0.3, 0.4) is 0 Å². The molecule has 1 fully saturated rings. The molecule has 3 N–H and O–H groups in total. The summed E-state index contributed by atoms with van der Waals surface area (Å²) in [5.74, 6) is 0.914. The summed E-state index contributed by atoms with van der Waals surface area (Å²) in [6.45, 7) is 0.978. The number of aromatic nitrogens is 1. The molecule has 0 atom stereocenters. The molecule has 17 heavy (non-hydrogen) atoms. The Kier molecular flexibility index (Phi) is 3.51. The van der Waals surface area contributed by atoms with Crippen molar-refractivity contribution in [3.8, 4) is 0 Å². The highest BCUT2D eigenvalue weighted by atomic mass is 32.1. The van der Waals surface area contributed by atoms with E-state index in [1.54, 1.807) is 7.05 Å². The van der Waals surface area contributed by atoms with E-state index in [1.807, 2.05) is 7.05 Å². The van der Waals surface area contributed by atoms with Crippen LogP contribution in [0.5, 0.6) is 0 Å². The van der Waals surface area contributed by atoms with Crippen LogP contribution in [0.1, 0.15) is 29.6 Å². The summed E-state index contributed by atoms with van der Waals surface area (Å²) >= 11 is 1.29. The fraction of sp³-hybridized carbons (Fsp3) is 0.636. The Balaban J connectivity index is 2.15. The molecule has 0 aromatic carbocycles. The maximum Gasteiger partial charge on any atom is 0.257 e. The molecule has 2 rings (SSSR count). The Hall–Kier alpha value is -1.30. The van der Waals surface area contributed by atoms with Gasteiger partial charge in [-0.1, -0.05) is 6.42 Å². The average Bonchev–Trinajstić information content (AvgIpc) is 2.64. The Morgan fingerprint density at radius 3 is 2.88 bits per heavy atom. The Morgan fingerprint density at radius 2 is 2.35 bits per heavy atom. The first kappa shape index (κ1) is 12.2. The van der Waals surface area contributed by atoms with E-state index in [1.165, 1.54) is 30.8 Å². The zero-order valence-electron chi connectivity index (χ0n) is 10.2. The predicted molar refractivity (Wildman–Crippen MR) is 70.5 cm³/mol. The van der Waals surface area contributed by atoms with Gasteiger partial charge in [0.2, 0.25) is 0 Å². The zero-order chi connectivity index (χ0) is 12.4. The number of amides is 1. The largest absolute Gasteiger partial charge is 0.382 e. The minimum absolute atomic E-state index is 0.160. The van der Waals surface area contributed by atoms with Crippen molar-refractivity contribution in [3.63, 3.8) is 0 Å². The van der Waals surface area contributed by atoms with Gasteiger partial charge in [0, 0.05) is 20.6 Å². The highest BCUT2D eigenvalue weighted by Crippen LogP contribution is 2.33. The quantitative estimate of drug-likeness (QED) is 0.850. The fourth-order valence-electron chi connectivity index (χ4n) is 2.04. The second-order valence-corrected chi connectivity index (χ2v) is 5.26. The molecule has 1 aliphatic rings. The highest BCUT2D eigenvalue weighted by Gasteiger charge is 2.24. The van der Waals surface area contributed by atoms with E-state index in [9.17, 15) is 4.79 Å². The SMILES string of the molecule is CNC(=O)c1c(N)nsc1N(C)CC1CCC1. The monoisotopic (exact) mass is 254 g/mol. The number of rotatable bonds is 4. The molecule has 1 saturated carbocycles. The molecule has 94 valence electrons. The van der Waals surface area contributed by atoms with Gasteiger partial charge in [0.15, 0.2) is 5.82 Å². The first-order valence-electron chi connectivity index (χ1n) is 5.81. The van der Waals surface area contributed by atoms with Crippen molar-refractivity contribution in [1.29, 1.82) is 0 Å². The fourth-order valence-corrected chi connectivity index (χ4v) is 2.82. The number of nitrogens with one attached hydrogen (secondary N) is 1. The molecule has 1 aromatic rings. The minimum atomic E-state index is -0.160. The van der Waals surface area contributed by atoms with Gasteiger partial charge in [-0.2, -0.15) is 4.37 Å². The molecule has 1 aliphatic carbocycles. The topological polar surface area (TPSA) is 71.2 Å². The summed E-state index contributed by atoms with van der Waals surface area (Å²) in [6.07, 6.45) is 3.90. The molecule has 0 radical (unpaired) electrons. The van der Waals surface area contributed by atoms with Gasteiger partial charge in [-0.3, -0.25) is 4.79 Å². The Bertz CT molecular complexity index is 414. The van der Waals surface area contributed by atoms with Crippen molar-refractivity contribution >= 4 is 28.3 Å². The van der Waals surface area contributed by atoms with E-state index in [0.29, 0.717) is 11.4 Å². The lowest BCUT2D eigenvalue weighted by Gasteiger charge is -2.30. The lowest BCUT2D eigenvalue weighted by molar-refractivity contribution is 0.0964. The molecular formula is C11H18N4OS. The van der Waals surface area contributed by atoms with Crippen molar-refractivity contribution in [2.24, 2.45) is 5.92 Å². The number of carbonyl (C=O) groups is 1. The van der Waals surface area contributed by atoms with E-state index in [2.05, 4.69) is 14.6 Å². The van der Waals surface area contributed by atoms with Crippen LogP contribution in [0.15, 0.2) is 0 Å². The van der Waals surface area contributed by atoms with E-state index >= 15 is 0 Å². The van der Waals surface area contributed by atoms with Crippen molar-refractivity contribution < 1.29 is 4.79 Å². The second kappa shape index (κ2) is 4.91. The van der Waals surface area contributed by atoms with Crippen molar-refractivity contribution in [2.45, 2.75) is 19.3 Å². The Morgan fingerprint density at radius 1 is 1.65 bits per heavy atom. The van der Waals surface area contributed by atoms with Crippen LogP contribution in [0.25, 0.3) is 0 Å². The Labute approximate surface area is 105 Å². The molecule has 0 unspecified atom stereocenters. The van der Waals surface area contributed by atoms with Crippen LogP contribution in [-0.2, 0) is 0 Å².